The Morgan fingerprint density at radius 1 is 1.31 bits per heavy atom. The number of aromatic nitrogens is 3. The third-order valence-electron chi connectivity index (χ3n) is 5.17. The Bertz CT molecular complexity index is 1040. The van der Waals surface area contributed by atoms with Gasteiger partial charge in [0.15, 0.2) is 0 Å². The van der Waals surface area contributed by atoms with E-state index in [4.69, 9.17) is 4.74 Å². The van der Waals surface area contributed by atoms with Gasteiger partial charge in [-0.3, -0.25) is 4.79 Å². The smallest absolute Gasteiger partial charge is 0.255 e. The monoisotopic (exact) mass is 397 g/mol. The number of fused-ring (bicyclic) bond motifs is 1. The van der Waals surface area contributed by atoms with Gasteiger partial charge in [-0.25, -0.2) is 14.4 Å². The van der Waals surface area contributed by atoms with Gasteiger partial charge in [0.25, 0.3) is 5.91 Å². The van der Waals surface area contributed by atoms with Gasteiger partial charge in [-0.05, 0) is 58.0 Å². The van der Waals surface area contributed by atoms with Crippen molar-refractivity contribution >= 4 is 16.9 Å². The summed E-state index contributed by atoms with van der Waals surface area (Å²) in [7, 11) is 0. The predicted molar refractivity (Wildman–Crippen MR) is 109 cm³/mol. The number of nitrogens with one attached hydrogen (secondary N) is 3. The fourth-order valence-corrected chi connectivity index (χ4v) is 3.80. The second kappa shape index (κ2) is 8.16. The van der Waals surface area contributed by atoms with Gasteiger partial charge in [0.2, 0.25) is 0 Å². The van der Waals surface area contributed by atoms with Crippen molar-refractivity contribution in [2.45, 2.75) is 32.7 Å². The lowest BCUT2D eigenvalue weighted by Gasteiger charge is -2.23. The molecule has 0 unspecified atom stereocenters. The Hall–Kier alpha value is -3.00. The molecule has 2 aromatic heterocycles. The normalized spacial score (nSPS) is 14.9. The molecule has 152 valence electrons. The topological polar surface area (TPSA) is 91.9 Å². The minimum Gasteiger partial charge on any atom is -0.493 e. The molecule has 1 aromatic carbocycles. The molecule has 1 aliphatic rings. The van der Waals surface area contributed by atoms with Crippen molar-refractivity contribution in [1.82, 2.24) is 25.6 Å². The average Bonchev–Trinajstić information content (AvgIpc) is 3.06. The molecule has 1 saturated heterocycles. The fraction of sp³-hybridized carbons (Fsp3) is 0.381. The van der Waals surface area contributed by atoms with E-state index in [1.807, 2.05) is 13.8 Å². The van der Waals surface area contributed by atoms with Gasteiger partial charge >= 0.3 is 0 Å². The van der Waals surface area contributed by atoms with E-state index >= 15 is 0 Å². The zero-order chi connectivity index (χ0) is 20.4. The van der Waals surface area contributed by atoms with Crippen LogP contribution in [-0.4, -0.2) is 46.6 Å². The number of piperidine rings is 1. The third-order valence-corrected chi connectivity index (χ3v) is 5.17. The molecule has 0 aliphatic carbocycles. The molecule has 0 radical (unpaired) electrons. The van der Waals surface area contributed by atoms with Crippen LogP contribution in [-0.2, 0) is 0 Å². The maximum absolute atomic E-state index is 14.0. The number of carbonyl (C=O) groups is 1. The van der Waals surface area contributed by atoms with E-state index in [1.54, 1.807) is 6.07 Å². The maximum Gasteiger partial charge on any atom is 0.255 e. The maximum atomic E-state index is 14.0. The molecule has 0 spiro atoms. The van der Waals surface area contributed by atoms with Crippen molar-refractivity contribution in [2.24, 2.45) is 0 Å². The van der Waals surface area contributed by atoms with Gasteiger partial charge in [-0.1, -0.05) is 0 Å². The van der Waals surface area contributed by atoms with E-state index in [2.05, 4.69) is 25.6 Å². The third kappa shape index (κ3) is 3.80. The van der Waals surface area contributed by atoms with Crippen LogP contribution in [0.15, 0.2) is 24.5 Å². The fourth-order valence-electron chi connectivity index (χ4n) is 3.80. The number of aromatic amines is 1. The summed E-state index contributed by atoms with van der Waals surface area (Å²) in [5, 5.41) is 6.40. The number of hydrogen-bond acceptors (Lipinski definition) is 5. The second-order valence-corrected chi connectivity index (χ2v) is 7.14. The molecule has 3 heterocycles. The highest BCUT2D eigenvalue weighted by molar-refractivity contribution is 6.09. The zero-order valence-corrected chi connectivity index (χ0v) is 16.5. The Morgan fingerprint density at radius 3 is 2.86 bits per heavy atom. The zero-order valence-electron chi connectivity index (χ0n) is 16.5. The van der Waals surface area contributed by atoms with Crippen LogP contribution in [0.5, 0.6) is 5.75 Å². The number of aryl methyl sites for hydroxylation is 1. The second-order valence-electron chi connectivity index (χ2n) is 7.14. The number of rotatable bonds is 5. The van der Waals surface area contributed by atoms with Crippen LogP contribution in [0.4, 0.5) is 4.39 Å². The van der Waals surface area contributed by atoms with Gasteiger partial charge in [-0.15, -0.1) is 0 Å². The molecule has 4 rings (SSSR count). The first-order chi connectivity index (χ1) is 14.1. The number of H-pyrrole nitrogens is 1. The molecular formula is C21H24FN5O2. The minimum atomic E-state index is -0.387. The van der Waals surface area contributed by atoms with Gasteiger partial charge < -0.3 is 20.4 Å². The van der Waals surface area contributed by atoms with Crippen molar-refractivity contribution < 1.29 is 13.9 Å². The molecule has 8 heteroatoms. The number of amides is 1. The molecule has 0 atom stereocenters. The Kier molecular flexibility index (Phi) is 5.44. The van der Waals surface area contributed by atoms with Crippen LogP contribution in [0.2, 0.25) is 0 Å². The number of ether oxygens (including phenoxy) is 1. The summed E-state index contributed by atoms with van der Waals surface area (Å²) in [6, 6.07) is 4.47. The van der Waals surface area contributed by atoms with Crippen LogP contribution in [0.3, 0.4) is 0 Å². The highest BCUT2D eigenvalue weighted by Crippen LogP contribution is 2.34. The summed E-state index contributed by atoms with van der Waals surface area (Å²) in [6.45, 7) is 5.93. The molecule has 0 saturated carbocycles. The summed E-state index contributed by atoms with van der Waals surface area (Å²) in [4.78, 5) is 24.9. The average molecular weight is 397 g/mol. The summed E-state index contributed by atoms with van der Waals surface area (Å²) >= 11 is 0. The lowest BCUT2D eigenvalue weighted by Crippen LogP contribution is -2.42. The Morgan fingerprint density at radius 2 is 2.10 bits per heavy atom. The highest BCUT2D eigenvalue weighted by Gasteiger charge is 2.24. The molecule has 3 N–H and O–H groups in total. The van der Waals surface area contributed by atoms with E-state index in [0.717, 1.165) is 25.9 Å². The van der Waals surface area contributed by atoms with Crippen LogP contribution in [0, 0.1) is 12.7 Å². The van der Waals surface area contributed by atoms with Gasteiger partial charge in [0.1, 0.15) is 29.1 Å². The molecule has 29 heavy (non-hydrogen) atoms. The van der Waals surface area contributed by atoms with Crippen LogP contribution in [0.25, 0.3) is 22.3 Å². The minimum absolute atomic E-state index is 0.141. The number of nitrogens with zero attached hydrogens (tertiary/aromatic N) is 2. The van der Waals surface area contributed by atoms with E-state index < -0.39 is 0 Å². The van der Waals surface area contributed by atoms with E-state index in [9.17, 15) is 9.18 Å². The number of benzene rings is 1. The van der Waals surface area contributed by atoms with Crippen LogP contribution >= 0.6 is 0 Å². The summed E-state index contributed by atoms with van der Waals surface area (Å²) in [6.07, 6.45) is 3.19. The van der Waals surface area contributed by atoms with Gasteiger partial charge in [-0.2, -0.15) is 0 Å². The van der Waals surface area contributed by atoms with Crippen molar-refractivity contribution in [2.75, 3.05) is 19.7 Å². The first-order valence-electron chi connectivity index (χ1n) is 9.86. The SMILES string of the molecule is CCOc1ccc(F)cc1-c1ncnc2c(C(=O)NC3CCNCC3)c(C)[nH]c12. The van der Waals surface area contributed by atoms with E-state index in [-0.39, 0.29) is 17.8 Å². The lowest BCUT2D eigenvalue weighted by atomic mass is 10.1. The molecule has 3 aromatic rings. The molecule has 1 aliphatic heterocycles. The van der Waals surface area contributed by atoms with Crippen molar-refractivity contribution in [3.05, 3.63) is 41.6 Å². The molecule has 0 bridgehead atoms. The lowest BCUT2D eigenvalue weighted by molar-refractivity contribution is 0.0930. The first-order valence-corrected chi connectivity index (χ1v) is 9.86. The van der Waals surface area contributed by atoms with Crippen molar-refractivity contribution in [3.8, 4) is 17.0 Å². The molecule has 7 nitrogen and oxygen atoms in total. The molecule has 1 fully saturated rings. The Labute approximate surface area is 168 Å². The number of carbonyl (C=O) groups excluding carboxylic acids is 1. The van der Waals surface area contributed by atoms with Gasteiger partial charge in [0, 0.05) is 17.3 Å². The molecular weight excluding hydrogens is 373 g/mol. The van der Waals surface area contributed by atoms with Crippen molar-refractivity contribution in [3.63, 3.8) is 0 Å². The molecule has 1 amide bonds. The summed E-state index contributed by atoms with van der Waals surface area (Å²) in [5.41, 5.74) is 3.32. The van der Waals surface area contributed by atoms with Crippen molar-refractivity contribution in [1.29, 1.82) is 0 Å². The van der Waals surface area contributed by atoms with Crippen LogP contribution in [0.1, 0.15) is 35.8 Å². The highest BCUT2D eigenvalue weighted by atomic mass is 19.1. The first kappa shape index (κ1) is 19.3. The number of halogens is 1. The Balaban J connectivity index is 1.77. The van der Waals surface area contributed by atoms with E-state index in [1.165, 1.54) is 18.5 Å². The standard InChI is InChI=1S/C21H24FN5O2/c1-3-29-16-5-4-13(22)10-15(16)18-20-19(25-11-24-18)17(12(2)26-20)21(28)27-14-6-8-23-9-7-14/h4-5,10-11,14,23,26H,3,6-9H2,1-2H3,(H,27,28). The largest absolute Gasteiger partial charge is 0.493 e. The van der Waals surface area contributed by atoms with E-state index in [0.29, 0.717) is 45.9 Å². The van der Waals surface area contributed by atoms with Crippen LogP contribution < -0.4 is 15.4 Å². The predicted octanol–water partition coefficient (Wildman–Crippen LogP) is 2.95. The number of hydrogen-bond donors (Lipinski definition) is 3. The summed E-state index contributed by atoms with van der Waals surface area (Å²) < 4.78 is 19.6. The van der Waals surface area contributed by atoms with Gasteiger partial charge in [0.05, 0.1) is 17.7 Å². The summed E-state index contributed by atoms with van der Waals surface area (Å²) in [5.74, 6) is -0.0150. The quantitative estimate of drug-likeness (QED) is 0.616.